The molecule has 0 spiro atoms. The predicted molar refractivity (Wildman–Crippen MR) is 75.2 cm³/mol. The Hall–Kier alpha value is -1.35. The van der Waals surface area contributed by atoms with Gasteiger partial charge in [-0.15, -0.1) is 0 Å². The molecule has 0 radical (unpaired) electrons. The van der Waals surface area contributed by atoms with Crippen molar-refractivity contribution in [2.75, 3.05) is 6.54 Å². The number of nitrogens with two attached hydrogens (primary N) is 1. The van der Waals surface area contributed by atoms with Crippen molar-refractivity contribution in [2.45, 2.75) is 39.7 Å². The fourth-order valence-corrected chi connectivity index (χ4v) is 1.91. The van der Waals surface area contributed by atoms with Gasteiger partial charge in [0, 0.05) is 6.04 Å². The van der Waals surface area contributed by atoms with Gasteiger partial charge in [-0.25, -0.2) is 0 Å². The summed E-state index contributed by atoms with van der Waals surface area (Å²) in [6, 6.07) is 9.91. The van der Waals surface area contributed by atoms with E-state index in [2.05, 4.69) is 26.1 Å². The molecule has 0 saturated carbocycles. The van der Waals surface area contributed by atoms with Gasteiger partial charge in [0.15, 0.2) is 0 Å². The molecule has 1 atom stereocenters. The van der Waals surface area contributed by atoms with Gasteiger partial charge in [-0.2, -0.15) is 0 Å². The van der Waals surface area contributed by atoms with Gasteiger partial charge in [-0.1, -0.05) is 51.1 Å². The van der Waals surface area contributed by atoms with E-state index in [0.717, 1.165) is 12.0 Å². The molecule has 3 nitrogen and oxygen atoms in total. The first kappa shape index (κ1) is 14.7. The highest BCUT2D eigenvalue weighted by molar-refractivity contribution is 5.78. The van der Waals surface area contributed by atoms with E-state index in [1.54, 1.807) is 0 Å². The lowest BCUT2D eigenvalue weighted by Crippen LogP contribution is -2.45. The van der Waals surface area contributed by atoms with Gasteiger partial charge < -0.3 is 11.1 Å². The van der Waals surface area contributed by atoms with E-state index in [1.807, 2.05) is 30.3 Å². The molecule has 18 heavy (non-hydrogen) atoms. The molecule has 0 bridgehead atoms. The highest BCUT2D eigenvalue weighted by atomic mass is 16.1. The third-order valence-corrected chi connectivity index (χ3v) is 3.04. The number of hydrogen-bond donors (Lipinski definition) is 2. The summed E-state index contributed by atoms with van der Waals surface area (Å²) in [6.07, 6.45) is 1.24. The lowest BCUT2D eigenvalue weighted by molar-refractivity contribution is -0.121. The summed E-state index contributed by atoms with van der Waals surface area (Å²) in [5.74, 6) is 0.0644. The zero-order valence-corrected chi connectivity index (χ0v) is 11.6. The molecule has 1 aromatic carbocycles. The van der Waals surface area contributed by atoms with Gasteiger partial charge >= 0.3 is 0 Å². The summed E-state index contributed by atoms with van der Waals surface area (Å²) in [5.41, 5.74) is 6.67. The summed E-state index contributed by atoms with van der Waals surface area (Å²) >= 11 is 0. The third-order valence-electron chi connectivity index (χ3n) is 3.04. The zero-order chi connectivity index (χ0) is 13.6. The van der Waals surface area contributed by atoms with Crippen LogP contribution in [0.2, 0.25) is 0 Å². The van der Waals surface area contributed by atoms with Crippen molar-refractivity contribution >= 4 is 5.91 Å². The Labute approximate surface area is 110 Å². The fourth-order valence-electron chi connectivity index (χ4n) is 1.91. The van der Waals surface area contributed by atoms with Crippen LogP contribution in [0, 0.1) is 5.41 Å². The van der Waals surface area contributed by atoms with Crippen LogP contribution in [0.3, 0.4) is 0 Å². The quantitative estimate of drug-likeness (QED) is 0.838. The van der Waals surface area contributed by atoms with Gasteiger partial charge in [0.1, 0.15) is 0 Å². The van der Waals surface area contributed by atoms with Crippen LogP contribution in [0.15, 0.2) is 30.3 Å². The number of nitrogens with one attached hydrogen (secondary N) is 1. The van der Waals surface area contributed by atoms with Crippen LogP contribution in [-0.4, -0.2) is 18.5 Å². The van der Waals surface area contributed by atoms with Gasteiger partial charge in [0.25, 0.3) is 0 Å². The first-order chi connectivity index (χ1) is 8.43. The summed E-state index contributed by atoms with van der Waals surface area (Å²) < 4.78 is 0. The Morgan fingerprint density at radius 1 is 1.28 bits per heavy atom. The smallest absolute Gasteiger partial charge is 0.224 e. The van der Waals surface area contributed by atoms with Crippen LogP contribution in [0.5, 0.6) is 0 Å². The number of carbonyl (C=O) groups excluding carboxylic acids is 1. The van der Waals surface area contributed by atoms with Gasteiger partial charge in [-0.3, -0.25) is 4.79 Å². The molecule has 0 saturated heterocycles. The molecule has 0 aliphatic heterocycles. The van der Waals surface area contributed by atoms with E-state index in [9.17, 15) is 4.79 Å². The molecule has 3 N–H and O–H groups in total. The van der Waals surface area contributed by atoms with Crippen molar-refractivity contribution in [3.8, 4) is 0 Å². The largest absolute Gasteiger partial charge is 0.353 e. The SMILES string of the molecule is CC(C)(C)C(CCN)NC(=O)Cc1ccccc1. The molecule has 1 amide bonds. The van der Waals surface area contributed by atoms with E-state index in [4.69, 9.17) is 5.73 Å². The standard InChI is InChI=1S/C15H24N2O/c1-15(2,3)13(9-10-16)17-14(18)11-12-7-5-4-6-8-12/h4-8,13H,9-11,16H2,1-3H3,(H,17,18). The Balaban J connectivity index is 2.57. The van der Waals surface area contributed by atoms with Gasteiger partial charge in [0.05, 0.1) is 6.42 Å². The highest BCUT2D eigenvalue weighted by Gasteiger charge is 2.25. The van der Waals surface area contributed by atoms with Crippen LogP contribution < -0.4 is 11.1 Å². The minimum absolute atomic E-state index is 0.0335. The average Bonchev–Trinajstić information content (AvgIpc) is 2.28. The van der Waals surface area contributed by atoms with Crippen molar-refractivity contribution in [3.05, 3.63) is 35.9 Å². The number of hydrogen-bond acceptors (Lipinski definition) is 2. The molecule has 1 aromatic rings. The molecule has 0 aliphatic carbocycles. The summed E-state index contributed by atoms with van der Waals surface area (Å²) in [6.45, 7) is 6.95. The molecule has 0 aromatic heterocycles. The fraction of sp³-hybridized carbons (Fsp3) is 0.533. The van der Waals surface area contributed by atoms with Gasteiger partial charge in [-0.05, 0) is 23.9 Å². The van der Waals surface area contributed by atoms with E-state index in [1.165, 1.54) is 0 Å². The van der Waals surface area contributed by atoms with Crippen LogP contribution >= 0.6 is 0 Å². The lowest BCUT2D eigenvalue weighted by atomic mass is 9.84. The topological polar surface area (TPSA) is 55.1 Å². The predicted octanol–water partition coefficient (Wildman–Crippen LogP) is 2.11. The van der Waals surface area contributed by atoms with Crippen LogP contribution in [0.25, 0.3) is 0 Å². The third kappa shape index (κ3) is 4.88. The number of rotatable bonds is 5. The van der Waals surface area contributed by atoms with Crippen LogP contribution in [0.1, 0.15) is 32.8 Å². The minimum Gasteiger partial charge on any atom is -0.353 e. The Morgan fingerprint density at radius 2 is 1.89 bits per heavy atom. The molecular weight excluding hydrogens is 224 g/mol. The van der Waals surface area contributed by atoms with Gasteiger partial charge in [0.2, 0.25) is 5.91 Å². The normalized spacial score (nSPS) is 13.1. The minimum atomic E-state index is 0.0335. The van der Waals surface area contributed by atoms with Crippen molar-refractivity contribution < 1.29 is 4.79 Å². The number of amides is 1. The molecule has 1 rings (SSSR count). The summed E-state index contributed by atoms with van der Waals surface area (Å²) in [7, 11) is 0. The molecule has 0 fully saturated rings. The van der Waals surface area contributed by atoms with E-state index < -0.39 is 0 Å². The van der Waals surface area contributed by atoms with Crippen molar-refractivity contribution in [1.82, 2.24) is 5.32 Å². The maximum atomic E-state index is 12.0. The van der Waals surface area contributed by atoms with Crippen LogP contribution in [0.4, 0.5) is 0 Å². The summed E-state index contributed by atoms with van der Waals surface area (Å²) in [4.78, 5) is 12.0. The van der Waals surface area contributed by atoms with E-state index in [0.29, 0.717) is 13.0 Å². The Kier molecular flexibility index (Phi) is 5.35. The molecule has 1 unspecified atom stereocenters. The highest BCUT2D eigenvalue weighted by Crippen LogP contribution is 2.21. The monoisotopic (exact) mass is 248 g/mol. The zero-order valence-electron chi connectivity index (χ0n) is 11.6. The maximum Gasteiger partial charge on any atom is 0.224 e. The van der Waals surface area contributed by atoms with E-state index >= 15 is 0 Å². The summed E-state index contributed by atoms with van der Waals surface area (Å²) in [5, 5.41) is 3.09. The molecule has 0 aliphatic rings. The maximum absolute atomic E-state index is 12.0. The number of benzene rings is 1. The number of carbonyl (C=O) groups is 1. The molecule has 0 heterocycles. The first-order valence-electron chi connectivity index (χ1n) is 6.47. The van der Waals surface area contributed by atoms with Crippen LogP contribution in [-0.2, 0) is 11.2 Å². The average molecular weight is 248 g/mol. The van der Waals surface area contributed by atoms with E-state index in [-0.39, 0.29) is 17.4 Å². The Morgan fingerprint density at radius 3 is 2.39 bits per heavy atom. The second-order valence-electron chi connectivity index (χ2n) is 5.73. The van der Waals surface area contributed by atoms with Crippen molar-refractivity contribution in [3.63, 3.8) is 0 Å². The van der Waals surface area contributed by atoms with Crippen molar-refractivity contribution in [2.24, 2.45) is 11.1 Å². The first-order valence-corrected chi connectivity index (χ1v) is 6.47. The molecule has 3 heteroatoms. The van der Waals surface area contributed by atoms with Crippen molar-refractivity contribution in [1.29, 1.82) is 0 Å². The molecule has 100 valence electrons. The second-order valence-corrected chi connectivity index (χ2v) is 5.73. The second kappa shape index (κ2) is 6.55. The molecular formula is C15H24N2O. The Bertz CT molecular complexity index is 368. The lowest BCUT2D eigenvalue weighted by Gasteiger charge is -2.31.